The van der Waals surface area contributed by atoms with Crippen molar-refractivity contribution in [2.45, 2.75) is 6.42 Å². The number of aromatic nitrogens is 2. The molecule has 0 aliphatic carbocycles. The molecule has 0 radical (unpaired) electrons. The maximum Gasteiger partial charge on any atom is 0.227 e. The Morgan fingerprint density at radius 3 is 2.26 bits per heavy atom. The van der Waals surface area contributed by atoms with Crippen LogP contribution in [0.1, 0.15) is 5.56 Å². The van der Waals surface area contributed by atoms with Gasteiger partial charge >= 0.3 is 0 Å². The maximum absolute atomic E-state index is 12.7. The number of carbonyl (C=O) groups excluding carboxylic acids is 1. The highest BCUT2D eigenvalue weighted by atomic mass is 16.5. The summed E-state index contributed by atoms with van der Waals surface area (Å²) < 4.78 is 10.6. The topological polar surface area (TPSA) is 67.8 Å². The van der Waals surface area contributed by atoms with E-state index in [1.54, 1.807) is 14.2 Å². The monoisotopic (exact) mass is 418 g/mol. The number of methoxy groups -OCH3 is 2. The van der Waals surface area contributed by atoms with Gasteiger partial charge in [-0.25, -0.2) is 0 Å². The third-order valence-electron chi connectivity index (χ3n) is 5.53. The first kappa shape index (κ1) is 20.7. The molecule has 1 fully saturated rings. The molecule has 7 nitrogen and oxygen atoms in total. The molecule has 0 saturated carbocycles. The molecule has 31 heavy (non-hydrogen) atoms. The van der Waals surface area contributed by atoms with E-state index in [0.29, 0.717) is 19.5 Å². The molecule has 3 aromatic rings. The van der Waals surface area contributed by atoms with E-state index in [-0.39, 0.29) is 5.91 Å². The van der Waals surface area contributed by atoms with Crippen LogP contribution >= 0.6 is 0 Å². The molecular formula is C24H26N4O3. The summed E-state index contributed by atoms with van der Waals surface area (Å²) >= 11 is 0. The van der Waals surface area contributed by atoms with Crippen molar-refractivity contribution in [2.24, 2.45) is 0 Å². The number of benzene rings is 2. The van der Waals surface area contributed by atoms with E-state index in [1.807, 2.05) is 65.6 Å². The van der Waals surface area contributed by atoms with Crippen LogP contribution < -0.4 is 14.4 Å². The van der Waals surface area contributed by atoms with Gasteiger partial charge in [0.25, 0.3) is 0 Å². The van der Waals surface area contributed by atoms with Gasteiger partial charge in [-0.1, -0.05) is 18.2 Å². The second-order valence-corrected chi connectivity index (χ2v) is 7.36. The van der Waals surface area contributed by atoms with Gasteiger partial charge in [-0.2, -0.15) is 0 Å². The Labute approximate surface area is 182 Å². The number of piperazine rings is 1. The van der Waals surface area contributed by atoms with Crippen molar-refractivity contribution in [2.75, 3.05) is 45.3 Å². The summed E-state index contributed by atoms with van der Waals surface area (Å²) in [6, 6.07) is 19.4. The van der Waals surface area contributed by atoms with Crippen molar-refractivity contribution in [3.63, 3.8) is 0 Å². The Hall–Kier alpha value is -3.61. The zero-order valence-electron chi connectivity index (χ0n) is 17.8. The van der Waals surface area contributed by atoms with Crippen LogP contribution in [0.3, 0.4) is 0 Å². The second-order valence-electron chi connectivity index (χ2n) is 7.36. The van der Waals surface area contributed by atoms with E-state index >= 15 is 0 Å². The minimum atomic E-state index is 0.116. The van der Waals surface area contributed by atoms with E-state index in [1.165, 1.54) is 0 Å². The summed E-state index contributed by atoms with van der Waals surface area (Å²) in [7, 11) is 3.28. The first-order valence-electron chi connectivity index (χ1n) is 10.3. The Morgan fingerprint density at radius 1 is 0.871 bits per heavy atom. The summed E-state index contributed by atoms with van der Waals surface area (Å²) in [5.41, 5.74) is 2.72. The lowest BCUT2D eigenvalue weighted by Gasteiger charge is -2.35. The van der Waals surface area contributed by atoms with Gasteiger partial charge in [-0.3, -0.25) is 4.79 Å². The largest absolute Gasteiger partial charge is 0.497 e. The summed E-state index contributed by atoms with van der Waals surface area (Å²) in [5.74, 6) is 2.51. The smallest absolute Gasteiger partial charge is 0.227 e. The highest BCUT2D eigenvalue weighted by molar-refractivity contribution is 5.79. The molecule has 1 aliphatic heterocycles. The van der Waals surface area contributed by atoms with Gasteiger partial charge in [0.05, 0.1) is 26.3 Å². The number of hydrogen-bond acceptors (Lipinski definition) is 6. The minimum Gasteiger partial charge on any atom is -0.497 e. The molecule has 0 atom stereocenters. The van der Waals surface area contributed by atoms with Crippen LogP contribution in [0.15, 0.2) is 60.7 Å². The first-order chi connectivity index (χ1) is 15.2. The fourth-order valence-electron chi connectivity index (χ4n) is 3.72. The van der Waals surface area contributed by atoms with E-state index in [0.717, 1.165) is 47.2 Å². The van der Waals surface area contributed by atoms with Crippen molar-refractivity contribution in [3.8, 4) is 22.8 Å². The molecule has 160 valence electrons. The molecule has 1 amide bonds. The highest BCUT2D eigenvalue weighted by Gasteiger charge is 2.23. The Bertz CT molecular complexity index is 1010. The third-order valence-corrected chi connectivity index (χ3v) is 5.53. The lowest BCUT2D eigenvalue weighted by molar-refractivity contribution is -0.130. The summed E-state index contributed by atoms with van der Waals surface area (Å²) in [6.45, 7) is 2.79. The average molecular weight is 418 g/mol. The van der Waals surface area contributed by atoms with Gasteiger partial charge in [0.15, 0.2) is 5.82 Å². The molecule has 0 spiro atoms. The number of para-hydroxylation sites is 1. The fraction of sp³-hybridized carbons (Fsp3) is 0.292. The molecule has 2 heterocycles. The van der Waals surface area contributed by atoms with Gasteiger partial charge in [0.1, 0.15) is 11.5 Å². The molecule has 1 aliphatic rings. The molecule has 7 heteroatoms. The van der Waals surface area contributed by atoms with Crippen LogP contribution in [0.25, 0.3) is 11.3 Å². The van der Waals surface area contributed by atoms with Crippen LogP contribution in [-0.4, -0.2) is 61.4 Å². The summed E-state index contributed by atoms with van der Waals surface area (Å²) in [5, 5.41) is 8.79. The number of nitrogens with zero attached hydrogens (tertiary/aromatic N) is 4. The van der Waals surface area contributed by atoms with Crippen molar-refractivity contribution in [1.82, 2.24) is 15.1 Å². The quantitative estimate of drug-likeness (QED) is 0.613. The molecule has 4 rings (SSSR count). The van der Waals surface area contributed by atoms with Crippen molar-refractivity contribution < 1.29 is 14.3 Å². The van der Waals surface area contributed by atoms with Gasteiger partial charge in [-0.15, -0.1) is 10.2 Å². The highest BCUT2D eigenvalue weighted by Crippen LogP contribution is 2.23. The zero-order valence-corrected chi connectivity index (χ0v) is 17.8. The molecular weight excluding hydrogens is 392 g/mol. The summed E-state index contributed by atoms with van der Waals surface area (Å²) in [6.07, 6.45) is 0.348. The second kappa shape index (κ2) is 9.47. The predicted octanol–water partition coefficient (Wildman–Crippen LogP) is 3.05. The number of amides is 1. The summed E-state index contributed by atoms with van der Waals surface area (Å²) in [4.78, 5) is 16.8. The van der Waals surface area contributed by atoms with Crippen LogP contribution in [0, 0.1) is 0 Å². The van der Waals surface area contributed by atoms with Crippen LogP contribution in [0.5, 0.6) is 11.5 Å². The van der Waals surface area contributed by atoms with Crippen molar-refractivity contribution in [1.29, 1.82) is 0 Å². The Balaban J connectivity index is 1.34. The van der Waals surface area contributed by atoms with Crippen LogP contribution in [0.4, 0.5) is 5.82 Å². The number of hydrogen-bond donors (Lipinski definition) is 0. The Morgan fingerprint density at radius 2 is 1.61 bits per heavy atom. The van der Waals surface area contributed by atoms with E-state index in [2.05, 4.69) is 15.1 Å². The SMILES string of the molecule is COc1ccc(-c2ccc(N3CCN(C(=O)Cc4ccccc4OC)CC3)nn2)cc1. The molecule has 1 saturated heterocycles. The third kappa shape index (κ3) is 4.77. The zero-order chi connectivity index (χ0) is 21.6. The number of carbonyl (C=O) groups is 1. The molecule has 0 N–H and O–H groups in total. The number of ether oxygens (including phenoxy) is 2. The van der Waals surface area contributed by atoms with Gasteiger partial charge < -0.3 is 19.3 Å². The normalized spacial score (nSPS) is 13.7. The van der Waals surface area contributed by atoms with Crippen molar-refractivity contribution >= 4 is 11.7 Å². The molecule has 0 bridgehead atoms. The fourth-order valence-corrected chi connectivity index (χ4v) is 3.72. The average Bonchev–Trinajstić information content (AvgIpc) is 2.84. The van der Waals surface area contributed by atoms with Gasteiger partial charge in [0.2, 0.25) is 5.91 Å². The molecule has 1 aromatic heterocycles. The lowest BCUT2D eigenvalue weighted by Crippen LogP contribution is -2.49. The van der Waals surface area contributed by atoms with E-state index in [4.69, 9.17) is 9.47 Å². The minimum absolute atomic E-state index is 0.116. The predicted molar refractivity (Wildman–Crippen MR) is 120 cm³/mol. The molecule has 2 aromatic carbocycles. The van der Waals surface area contributed by atoms with E-state index in [9.17, 15) is 4.79 Å². The van der Waals surface area contributed by atoms with Crippen LogP contribution in [-0.2, 0) is 11.2 Å². The number of anilines is 1. The Kier molecular flexibility index (Phi) is 6.31. The van der Waals surface area contributed by atoms with E-state index < -0.39 is 0 Å². The van der Waals surface area contributed by atoms with Gasteiger partial charge in [0, 0.05) is 37.3 Å². The molecule has 0 unspecified atom stereocenters. The van der Waals surface area contributed by atoms with Crippen LogP contribution in [0.2, 0.25) is 0 Å². The first-order valence-corrected chi connectivity index (χ1v) is 10.3. The van der Waals surface area contributed by atoms with Crippen molar-refractivity contribution in [3.05, 3.63) is 66.2 Å². The standard InChI is InChI=1S/C24H26N4O3/c1-30-20-9-7-18(8-10-20)21-11-12-23(26-25-21)27-13-15-28(16-14-27)24(29)17-19-5-3-4-6-22(19)31-2/h3-12H,13-17H2,1-2H3. The maximum atomic E-state index is 12.7. The lowest BCUT2D eigenvalue weighted by atomic mass is 10.1. The van der Waals surface area contributed by atoms with Gasteiger partial charge in [-0.05, 0) is 42.5 Å². The number of rotatable bonds is 6.